The van der Waals surface area contributed by atoms with Crippen molar-refractivity contribution in [3.63, 3.8) is 0 Å². The molecule has 0 aromatic rings. The summed E-state index contributed by atoms with van der Waals surface area (Å²) in [6, 6.07) is 0. The first-order valence-corrected chi connectivity index (χ1v) is 4.15. The predicted octanol–water partition coefficient (Wildman–Crippen LogP) is -1.78. The summed E-state index contributed by atoms with van der Waals surface area (Å²) in [5.41, 5.74) is 7.90. The van der Waals surface area contributed by atoms with Gasteiger partial charge in [-0.3, -0.25) is 10.2 Å². The van der Waals surface area contributed by atoms with Crippen molar-refractivity contribution in [3.8, 4) is 0 Å². The number of hydrogen-bond donors (Lipinski definition) is 2. The van der Waals surface area contributed by atoms with Crippen LogP contribution in [0.15, 0.2) is 0 Å². The van der Waals surface area contributed by atoms with Crippen LogP contribution in [0.4, 0.5) is 0 Å². The van der Waals surface area contributed by atoms with Gasteiger partial charge in [0.2, 0.25) is 5.91 Å². The van der Waals surface area contributed by atoms with Crippen molar-refractivity contribution in [2.24, 2.45) is 5.73 Å². The van der Waals surface area contributed by atoms with Crippen molar-refractivity contribution in [2.45, 2.75) is 0 Å². The normalized spacial score (nSPS) is 20.8. The van der Waals surface area contributed by atoms with Crippen LogP contribution < -0.4 is 11.2 Å². The Morgan fingerprint density at radius 2 is 2.00 bits per heavy atom. The van der Waals surface area contributed by atoms with E-state index in [0.717, 1.165) is 26.2 Å². The highest BCUT2D eigenvalue weighted by atomic mass is 16.2. The average Bonchev–Trinajstić information content (AvgIpc) is 2.09. The second-order valence-electron chi connectivity index (χ2n) is 3.03. The van der Waals surface area contributed by atoms with E-state index in [2.05, 4.69) is 17.4 Å². The summed E-state index contributed by atoms with van der Waals surface area (Å²) >= 11 is 0. The number of nitrogens with zero attached hydrogens (tertiary/aromatic N) is 2. The maximum absolute atomic E-state index is 10.9. The molecule has 0 atom stereocenters. The summed E-state index contributed by atoms with van der Waals surface area (Å²) in [5, 5.41) is 1.91. The van der Waals surface area contributed by atoms with Crippen LogP contribution in [0.3, 0.4) is 0 Å². The lowest BCUT2D eigenvalue weighted by molar-refractivity contribution is -0.125. The van der Waals surface area contributed by atoms with Crippen molar-refractivity contribution >= 4 is 5.91 Å². The molecule has 0 bridgehead atoms. The zero-order valence-electron chi connectivity index (χ0n) is 7.42. The minimum Gasteiger partial charge on any atom is -0.322 e. The van der Waals surface area contributed by atoms with E-state index >= 15 is 0 Å². The standard InChI is InChI=1S/C7H16N4O/c1-10-2-4-11(5-3-10)9-7(12)6-8/h2-6,8H2,1H3,(H,9,12). The Balaban J connectivity index is 2.21. The molecule has 3 N–H and O–H groups in total. The summed E-state index contributed by atoms with van der Waals surface area (Å²) in [4.78, 5) is 13.1. The van der Waals surface area contributed by atoms with E-state index in [4.69, 9.17) is 5.73 Å². The van der Waals surface area contributed by atoms with Gasteiger partial charge in [0.15, 0.2) is 0 Å². The number of nitrogens with one attached hydrogen (secondary N) is 1. The number of piperazine rings is 1. The molecule has 12 heavy (non-hydrogen) atoms. The van der Waals surface area contributed by atoms with Crippen LogP contribution in [0.25, 0.3) is 0 Å². The summed E-state index contributed by atoms with van der Waals surface area (Å²) in [6.07, 6.45) is 0. The molecule has 1 rings (SSSR count). The SMILES string of the molecule is CN1CCN(NC(=O)CN)CC1. The number of likely N-dealkylation sites (N-methyl/N-ethyl adjacent to an activating group) is 1. The Morgan fingerprint density at radius 3 is 2.50 bits per heavy atom. The number of amides is 1. The van der Waals surface area contributed by atoms with Gasteiger partial charge in [0.25, 0.3) is 0 Å². The van der Waals surface area contributed by atoms with Gasteiger partial charge in [0.1, 0.15) is 0 Å². The van der Waals surface area contributed by atoms with Gasteiger partial charge in [-0.15, -0.1) is 0 Å². The fourth-order valence-corrected chi connectivity index (χ4v) is 1.14. The molecule has 1 saturated heterocycles. The molecule has 0 saturated carbocycles. The molecule has 0 radical (unpaired) electrons. The van der Waals surface area contributed by atoms with E-state index in [1.54, 1.807) is 0 Å². The van der Waals surface area contributed by atoms with Gasteiger partial charge in [-0.05, 0) is 7.05 Å². The quantitative estimate of drug-likeness (QED) is 0.517. The van der Waals surface area contributed by atoms with Gasteiger partial charge < -0.3 is 10.6 Å². The van der Waals surface area contributed by atoms with Gasteiger partial charge in [-0.1, -0.05) is 0 Å². The second kappa shape index (κ2) is 4.39. The first-order chi connectivity index (χ1) is 5.72. The zero-order chi connectivity index (χ0) is 8.97. The topological polar surface area (TPSA) is 61.6 Å². The highest BCUT2D eigenvalue weighted by molar-refractivity contribution is 5.77. The van der Waals surface area contributed by atoms with Crippen LogP contribution in [-0.2, 0) is 4.79 Å². The number of rotatable bonds is 2. The molecule has 0 aliphatic carbocycles. The largest absolute Gasteiger partial charge is 0.322 e. The molecule has 1 amide bonds. The summed E-state index contributed by atoms with van der Waals surface area (Å²) in [7, 11) is 2.07. The molecule has 70 valence electrons. The molecule has 1 aliphatic heterocycles. The molecular weight excluding hydrogens is 156 g/mol. The number of carbonyl (C=O) groups is 1. The fraction of sp³-hybridized carbons (Fsp3) is 0.857. The highest BCUT2D eigenvalue weighted by Gasteiger charge is 2.14. The lowest BCUT2D eigenvalue weighted by atomic mass is 10.4. The molecule has 5 heteroatoms. The molecule has 1 heterocycles. The van der Waals surface area contributed by atoms with Gasteiger partial charge in [0.05, 0.1) is 6.54 Å². The van der Waals surface area contributed by atoms with Gasteiger partial charge in [-0.25, -0.2) is 5.01 Å². The minimum absolute atomic E-state index is 0.0618. The van der Waals surface area contributed by atoms with Crippen LogP contribution in [0.2, 0.25) is 0 Å². The van der Waals surface area contributed by atoms with E-state index in [9.17, 15) is 4.79 Å². The Kier molecular flexibility index (Phi) is 3.46. The third-order valence-electron chi connectivity index (χ3n) is 1.97. The van der Waals surface area contributed by atoms with Crippen molar-refractivity contribution in [1.29, 1.82) is 0 Å². The Morgan fingerprint density at radius 1 is 1.42 bits per heavy atom. The van der Waals surface area contributed by atoms with Crippen molar-refractivity contribution in [2.75, 3.05) is 39.8 Å². The minimum atomic E-state index is -0.112. The molecule has 0 spiro atoms. The maximum atomic E-state index is 10.9. The number of hydrogen-bond acceptors (Lipinski definition) is 4. The summed E-state index contributed by atoms with van der Waals surface area (Å²) in [5.74, 6) is -0.112. The second-order valence-corrected chi connectivity index (χ2v) is 3.03. The monoisotopic (exact) mass is 172 g/mol. The Bertz CT molecular complexity index is 153. The van der Waals surface area contributed by atoms with E-state index < -0.39 is 0 Å². The lowest BCUT2D eigenvalue weighted by Crippen LogP contribution is -2.53. The number of hydrazine groups is 1. The first-order valence-electron chi connectivity index (χ1n) is 4.15. The lowest BCUT2D eigenvalue weighted by Gasteiger charge is -2.32. The molecule has 1 aliphatic rings. The van der Waals surface area contributed by atoms with E-state index in [-0.39, 0.29) is 12.5 Å². The predicted molar refractivity (Wildman–Crippen MR) is 46.3 cm³/mol. The third-order valence-corrected chi connectivity index (χ3v) is 1.97. The first kappa shape index (κ1) is 9.44. The van der Waals surface area contributed by atoms with Crippen molar-refractivity contribution in [1.82, 2.24) is 15.3 Å². The highest BCUT2D eigenvalue weighted by Crippen LogP contribution is 1.94. The van der Waals surface area contributed by atoms with Crippen LogP contribution in [0.5, 0.6) is 0 Å². The Labute approximate surface area is 72.5 Å². The molecule has 1 fully saturated rings. The molecule has 5 nitrogen and oxygen atoms in total. The van der Waals surface area contributed by atoms with Crippen LogP contribution in [0.1, 0.15) is 0 Å². The van der Waals surface area contributed by atoms with Crippen LogP contribution in [-0.4, -0.2) is 55.6 Å². The Hall–Kier alpha value is -0.650. The van der Waals surface area contributed by atoms with Gasteiger partial charge in [-0.2, -0.15) is 0 Å². The van der Waals surface area contributed by atoms with Crippen molar-refractivity contribution in [3.05, 3.63) is 0 Å². The molecule has 0 aromatic carbocycles. The summed E-state index contributed by atoms with van der Waals surface area (Å²) < 4.78 is 0. The number of carbonyl (C=O) groups excluding carboxylic acids is 1. The molecule has 0 unspecified atom stereocenters. The maximum Gasteiger partial charge on any atom is 0.248 e. The van der Waals surface area contributed by atoms with Crippen LogP contribution in [0, 0.1) is 0 Å². The van der Waals surface area contributed by atoms with Crippen molar-refractivity contribution < 1.29 is 4.79 Å². The zero-order valence-corrected chi connectivity index (χ0v) is 7.42. The van der Waals surface area contributed by atoms with E-state index in [0.29, 0.717) is 0 Å². The molecule has 0 aromatic heterocycles. The average molecular weight is 172 g/mol. The number of nitrogens with two attached hydrogens (primary N) is 1. The van der Waals surface area contributed by atoms with Gasteiger partial charge in [0, 0.05) is 26.2 Å². The van der Waals surface area contributed by atoms with E-state index in [1.807, 2.05) is 5.01 Å². The van der Waals surface area contributed by atoms with Crippen LogP contribution >= 0.6 is 0 Å². The molecular formula is C7H16N4O. The smallest absolute Gasteiger partial charge is 0.248 e. The van der Waals surface area contributed by atoms with E-state index in [1.165, 1.54) is 0 Å². The fourth-order valence-electron chi connectivity index (χ4n) is 1.14. The third kappa shape index (κ3) is 2.77. The van der Waals surface area contributed by atoms with Gasteiger partial charge >= 0.3 is 0 Å². The summed E-state index contributed by atoms with van der Waals surface area (Å²) in [6.45, 7) is 3.80.